The lowest BCUT2D eigenvalue weighted by Crippen LogP contribution is -2.46. The van der Waals surface area contributed by atoms with E-state index in [0.717, 1.165) is 38.5 Å². The molecule has 0 aromatic rings. The molecule has 0 aromatic heterocycles. The van der Waals surface area contributed by atoms with Crippen LogP contribution in [0.1, 0.15) is 78.6 Å². The molecule has 136 valence electrons. The zero-order valence-electron chi connectivity index (χ0n) is 14.8. The highest BCUT2D eigenvalue weighted by atomic mass is 32.2. The molecule has 5 nitrogen and oxygen atoms in total. The first kappa shape index (κ1) is 22.2. The second-order valence-corrected chi connectivity index (χ2v) is 7.87. The largest absolute Gasteiger partial charge is 0.616 e. The minimum Gasteiger partial charge on any atom is -0.616 e. The lowest BCUT2D eigenvalue weighted by molar-refractivity contribution is -0.140. The number of carboxylic acids is 1. The highest BCUT2D eigenvalue weighted by Crippen LogP contribution is 2.20. The van der Waals surface area contributed by atoms with Crippen LogP contribution in [-0.4, -0.2) is 38.6 Å². The summed E-state index contributed by atoms with van der Waals surface area (Å²) in [6.07, 6.45) is 9.59. The summed E-state index contributed by atoms with van der Waals surface area (Å²) in [6, 6.07) is -1.06. The van der Waals surface area contributed by atoms with Gasteiger partial charge in [-0.25, -0.2) is 4.79 Å². The molecular formula is C17H33NO4S. The molecule has 0 aliphatic heterocycles. The second kappa shape index (κ2) is 13.7. The van der Waals surface area contributed by atoms with Crippen molar-refractivity contribution >= 4 is 23.1 Å². The predicted octanol–water partition coefficient (Wildman–Crippen LogP) is 3.24. The average Bonchev–Trinajstić information content (AvgIpc) is 2.48. The Bertz CT molecular complexity index is 339. The molecule has 0 spiro atoms. The maximum absolute atomic E-state index is 12.6. The van der Waals surface area contributed by atoms with Crippen molar-refractivity contribution in [1.82, 2.24) is 5.32 Å². The number of aliphatic carboxylic acids is 1. The van der Waals surface area contributed by atoms with Gasteiger partial charge in [0, 0.05) is 6.92 Å². The molecule has 1 amide bonds. The van der Waals surface area contributed by atoms with Crippen molar-refractivity contribution in [2.24, 2.45) is 0 Å². The Labute approximate surface area is 143 Å². The standard InChI is InChI=1S/C17H33NO4S/c1-4-6-8-9-10-12-15(11-7-5-2)23(22)13-16(17(20)21)18-14(3)19/h15-16H,4-13H2,1-3H3,(H,18,19)(H,20,21)/t15?,16-,23?/m0/s1. The van der Waals surface area contributed by atoms with Crippen LogP contribution in [0.15, 0.2) is 0 Å². The summed E-state index contributed by atoms with van der Waals surface area (Å²) < 4.78 is 12.6. The van der Waals surface area contributed by atoms with Crippen molar-refractivity contribution in [2.75, 3.05) is 5.75 Å². The summed E-state index contributed by atoms with van der Waals surface area (Å²) >= 11 is -1.23. The highest BCUT2D eigenvalue weighted by Gasteiger charge is 2.29. The molecule has 23 heavy (non-hydrogen) atoms. The van der Waals surface area contributed by atoms with Crippen LogP contribution in [0, 0.1) is 0 Å². The van der Waals surface area contributed by atoms with E-state index < -0.39 is 29.1 Å². The summed E-state index contributed by atoms with van der Waals surface area (Å²) in [5.74, 6) is -1.53. The maximum atomic E-state index is 12.6. The van der Waals surface area contributed by atoms with Crippen molar-refractivity contribution in [1.29, 1.82) is 0 Å². The summed E-state index contributed by atoms with van der Waals surface area (Å²) in [5, 5.41) is 11.6. The molecule has 0 bridgehead atoms. The van der Waals surface area contributed by atoms with Gasteiger partial charge in [-0.1, -0.05) is 46.0 Å². The van der Waals surface area contributed by atoms with E-state index in [2.05, 4.69) is 19.2 Å². The highest BCUT2D eigenvalue weighted by molar-refractivity contribution is 7.92. The molecular weight excluding hydrogens is 314 g/mol. The fraction of sp³-hybridized carbons (Fsp3) is 0.882. The van der Waals surface area contributed by atoms with Gasteiger partial charge < -0.3 is 15.0 Å². The molecule has 0 heterocycles. The van der Waals surface area contributed by atoms with E-state index in [9.17, 15) is 14.1 Å². The van der Waals surface area contributed by atoms with Crippen LogP contribution in [0.3, 0.4) is 0 Å². The van der Waals surface area contributed by atoms with E-state index >= 15 is 0 Å². The lowest BCUT2D eigenvalue weighted by Gasteiger charge is -2.24. The first-order valence-corrected chi connectivity index (χ1v) is 10.2. The SMILES string of the molecule is CCCCCCCC(CCCC)[S+]([O-])C[C@H](NC(C)=O)C(=O)O. The van der Waals surface area contributed by atoms with E-state index in [1.807, 2.05) is 0 Å². The third kappa shape index (κ3) is 11.4. The maximum Gasteiger partial charge on any atom is 0.331 e. The monoisotopic (exact) mass is 347 g/mol. The Morgan fingerprint density at radius 3 is 2.13 bits per heavy atom. The number of carboxylic acid groups (broad SMARTS) is 1. The zero-order valence-corrected chi connectivity index (χ0v) is 15.6. The summed E-state index contributed by atoms with van der Waals surface area (Å²) in [7, 11) is 0. The Morgan fingerprint density at radius 1 is 1.04 bits per heavy atom. The molecule has 2 unspecified atom stereocenters. The van der Waals surface area contributed by atoms with Gasteiger partial charge in [0.1, 0.15) is 11.0 Å². The quantitative estimate of drug-likeness (QED) is 0.373. The van der Waals surface area contributed by atoms with Crippen LogP contribution in [0.4, 0.5) is 0 Å². The van der Waals surface area contributed by atoms with Crippen molar-refractivity contribution in [3.05, 3.63) is 0 Å². The van der Waals surface area contributed by atoms with E-state index in [4.69, 9.17) is 5.11 Å². The predicted molar refractivity (Wildman–Crippen MR) is 94.9 cm³/mol. The minimum atomic E-state index is -1.23. The number of hydrogen-bond acceptors (Lipinski definition) is 3. The average molecular weight is 348 g/mol. The van der Waals surface area contributed by atoms with Gasteiger partial charge in [0.05, 0.1) is 0 Å². The van der Waals surface area contributed by atoms with Gasteiger partial charge in [0.25, 0.3) is 0 Å². The van der Waals surface area contributed by atoms with E-state index in [1.165, 1.54) is 26.2 Å². The fourth-order valence-corrected chi connectivity index (χ4v) is 4.22. The summed E-state index contributed by atoms with van der Waals surface area (Å²) in [6.45, 7) is 5.55. The number of nitrogens with one attached hydrogen (secondary N) is 1. The number of carbonyl (C=O) groups is 2. The van der Waals surface area contributed by atoms with Gasteiger partial charge in [-0.3, -0.25) is 4.79 Å². The van der Waals surface area contributed by atoms with Crippen LogP contribution in [0.2, 0.25) is 0 Å². The smallest absolute Gasteiger partial charge is 0.331 e. The van der Waals surface area contributed by atoms with Gasteiger partial charge in [-0.15, -0.1) is 0 Å². The van der Waals surface area contributed by atoms with E-state index in [-0.39, 0.29) is 11.0 Å². The van der Waals surface area contributed by atoms with Crippen LogP contribution in [0.5, 0.6) is 0 Å². The summed E-state index contributed by atoms with van der Waals surface area (Å²) in [4.78, 5) is 22.3. The van der Waals surface area contributed by atoms with Crippen LogP contribution in [-0.2, 0) is 20.8 Å². The number of amides is 1. The van der Waals surface area contributed by atoms with Crippen LogP contribution in [0.25, 0.3) is 0 Å². The van der Waals surface area contributed by atoms with Gasteiger partial charge in [-0.2, -0.15) is 0 Å². The normalized spacial score (nSPS) is 15.0. The number of rotatable bonds is 14. The molecule has 0 rings (SSSR count). The minimum absolute atomic E-state index is 0.00173. The Balaban J connectivity index is 4.47. The van der Waals surface area contributed by atoms with E-state index in [0.29, 0.717) is 0 Å². The second-order valence-electron chi connectivity index (χ2n) is 6.11. The molecule has 0 aromatic carbocycles. The van der Waals surface area contributed by atoms with Gasteiger partial charge in [0.2, 0.25) is 5.91 Å². The molecule has 0 aliphatic rings. The van der Waals surface area contributed by atoms with Crippen molar-refractivity contribution < 1.29 is 19.2 Å². The van der Waals surface area contributed by atoms with Gasteiger partial charge >= 0.3 is 5.97 Å². The Hall–Kier alpha value is -0.750. The molecule has 2 N–H and O–H groups in total. The molecule has 0 fully saturated rings. The number of unbranched alkanes of at least 4 members (excludes halogenated alkanes) is 5. The molecule has 6 heteroatoms. The number of hydrogen-bond donors (Lipinski definition) is 2. The topological polar surface area (TPSA) is 89.5 Å². The Kier molecular flexibility index (Phi) is 13.2. The first-order chi connectivity index (χ1) is 10.9. The van der Waals surface area contributed by atoms with Crippen LogP contribution < -0.4 is 5.32 Å². The third-order valence-electron chi connectivity index (χ3n) is 3.89. The van der Waals surface area contributed by atoms with Crippen LogP contribution >= 0.6 is 0 Å². The van der Waals surface area contributed by atoms with E-state index in [1.54, 1.807) is 0 Å². The Morgan fingerprint density at radius 2 is 1.61 bits per heavy atom. The van der Waals surface area contributed by atoms with Gasteiger partial charge in [0.15, 0.2) is 6.04 Å². The molecule has 0 radical (unpaired) electrons. The number of carbonyl (C=O) groups excluding carboxylic acids is 1. The lowest BCUT2D eigenvalue weighted by atomic mass is 10.1. The molecule has 0 aliphatic carbocycles. The fourth-order valence-electron chi connectivity index (χ4n) is 2.53. The molecule has 0 saturated heterocycles. The zero-order chi connectivity index (χ0) is 17.7. The van der Waals surface area contributed by atoms with Crippen molar-refractivity contribution in [3.63, 3.8) is 0 Å². The van der Waals surface area contributed by atoms with Crippen molar-refractivity contribution in [2.45, 2.75) is 89.9 Å². The molecule has 3 atom stereocenters. The van der Waals surface area contributed by atoms with Gasteiger partial charge in [-0.05, 0) is 36.9 Å². The van der Waals surface area contributed by atoms with Crippen molar-refractivity contribution in [3.8, 4) is 0 Å². The first-order valence-electron chi connectivity index (χ1n) is 8.79. The molecule has 0 saturated carbocycles. The summed E-state index contributed by atoms with van der Waals surface area (Å²) in [5.41, 5.74) is 0. The third-order valence-corrected chi connectivity index (χ3v) is 5.76.